The number of carbonyl (C=O) groups excluding carboxylic acids is 1. The normalized spacial score (nSPS) is 18.1. The van der Waals surface area contributed by atoms with Crippen LogP contribution in [0.15, 0.2) is 29.3 Å². The number of carbonyl (C=O) groups is 1. The molecule has 1 amide bonds. The summed E-state index contributed by atoms with van der Waals surface area (Å²) in [5.41, 5.74) is 0.240. The van der Waals surface area contributed by atoms with Crippen molar-refractivity contribution in [2.45, 2.75) is 39.3 Å². The second-order valence-corrected chi connectivity index (χ2v) is 6.09. The molecule has 5 nitrogen and oxygen atoms in total. The van der Waals surface area contributed by atoms with Gasteiger partial charge in [-0.05, 0) is 33.8 Å². The number of guanidine groups is 1. The molecular formula is C16H22FN3O2. The fourth-order valence-corrected chi connectivity index (χ4v) is 2.60. The van der Waals surface area contributed by atoms with E-state index in [-0.39, 0.29) is 24.0 Å². The standard InChI is InChI=1S/C16H22FN3O2/c1-5-22-15(21)19-14-18-10-13(20(14)16(2,3)4)11-8-6-7-9-12(11)17/h6-9,13H,5,10H2,1-4H3,(H,18,19,21). The molecular weight excluding hydrogens is 285 g/mol. The molecule has 120 valence electrons. The quantitative estimate of drug-likeness (QED) is 0.913. The maximum Gasteiger partial charge on any atom is 0.413 e. The van der Waals surface area contributed by atoms with Crippen molar-refractivity contribution in [3.05, 3.63) is 35.6 Å². The highest BCUT2D eigenvalue weighted by Gasteiger charge is 2.38. The molecule has 2 rings (SSSR count). The summed E-state index contributed by atoms with van der Waals surface area (Å²) in [6, 6.07) is 6.40. The lowest BCUT2D eigenvalue weighted by molar-refractivity contribution is 0.151. The van der Waals surface area contributed by atoms with Crippen molar-refractivity contribution in [2.24, 2.45) is 4.99 Å². The molecule has 0 radical (unpaired) electrons. The lowest BCUT2D eigenvalue weighted by atomic mass is 9.99. The first-order valence-corrected chi connectivity index (χ1v) is 7.36. The van der Waals surface area contributed by atoms with Gasteiger partial charge in [0.2, 0.25) is 5.96 Å². The monoisotopic (exact) mass is 307 g/mol. The van der Waals surface area contributed by atoms with E-state index in [2.05, 4.69) is 10.3 Å². The molecule has 1 aromatic rings. The van der Waals surface area contributed by atoms with Gasteiger partial charge in [-0.2, -0.15) is 0 Å². The Balaban J connectivity index is 2.28. The van der Waals surface area contributed by atoms with E-state index in [9.17, 15) is 9.18 Å². The van der Waals surface area contributed by atoms with Gasteiger partial charge in [0.05, 0.1) is 19.2 Å². The molecule has 1 aliphatic heterocycles. The molecule has 1 aliphatic rings. The van der Waals surface area contributed by atoms with Crippen LogP contribution in [0.1, 0.15) is 39.3 Å². The van der Waals surface area contributed by atoms with Gasteiger partial charge in [-0.3, -0.25) is 10.3 Å². The third-order valence-corrected chi connectivity index (χ3v) is 3.43. The van der Waals surface area contributed by atoms with Gasteiger partial charge in [-0.25, -0.2) is 9.18 Å². The third-order valence-electron chi connectivity index (χ3n) is 3.43. The van der Waals surface area contributed by atoms with Gasteiger partial charge in [-0.1, -0.05) is 18.2 Å². The first kappa shape index (κ1) is 16.3. The molecule has 0 bridgehead atoms. The van der Waals surface area contributed by atoms with Crippen molar-refractivity contribution in [2.75, 3.05) is 13.2 Å². The minimum Gasteiger partial charge on any atom is -0.450 e. The molecule has 0 aromatic heterocycles. The average Bonchev–Trinajstić information content (AvgIpc) is 2.83. The summed E-state index contributed by atoms with van der Waals surface area (Å²) in [7, 11) is 0. The summed E-state index contributed by atoms with van der Waals surface area (Å²) in [4.78, 5) is 18.0. The Bertz CT molecular complexity index is 581. The van der Waals surface area contributed by atoms with Crippen LogP contribution in [0.3, 0.4) is 0 Å². The zero-order valence-corrected chi connectivity index (χ0v) is 13.4. The van der Waals surface area contributed by atoms with E-state index in [1.54, 1.807) is 25.1 Å². The van der Waals surface area contributed by atoms with Crippen molar-refractivity contribution >= 4 is 12.1 Å². The fraction of sp³-hybridized carbons (Fsp3) is 0.500. The van der Waals surface area contributed by atoms with Crippen LogP contribution >= 0.6 is 0 Å². The van der Waals surface area contributed by atoms with Crippen LogP contribution in [0.4, 0.5) is 9.18 Å². The molecule has 0 aliphatic carbocycles. The first-order chi connectivity index (χ1) is 10.3. The van der Waals surface area contributed by atoms with E-state index in [4.69, 9.17) is 4.74 Å². The Kier molecular flexibility index (Phi) is 4.68. The average molecular weight is 307 g/mol. The van der Waals surface area contributed by atoms with Crippen molar-refractivity contribution in [3.8, 4) is 0 Å². The molecule has 1 aromatic carbocycles. The van der Waals surface area contributed by atoms with Gasteiger partial charge in [0.1, 0.15) is 5.82 Å². The number of hydrogen-bond acceptors (Lipinski definition) is 4. The Labute approximate surface area is 130 Å². The zero-order valence-electron chi connectivity index (χ0n) is 13.4. The van der Waals surface area contributed by atoms with Gasteiger partial charge >= 0.3 is 6.09 Å². The molecule has 1 atom stereocenters. The maximum atomic E-state index is 14.1. The second kappa shape index (κ2) is 6.34. The number of hydrogen-bond donors (Lipinski definition) is 1. The Morgan fingerprint density at radius 2 is 2.14 bits per heavy atom. The van der Waals surface area contributed by atoms with E-state index in [1.807, 2.05) is 25.7 Å². The number of ether oxygens (including phenoxy) is 1. The summed E-state index contributed by atoms with van der Waals surface area (Å²) in [5, 5.41) is 2.65. The van der Waals surface area contributed by atoms with Crippen LogP contribution in [0.25, 0.3) is 0 Å². The van der Waals surface area contributed by atoms with Gasteiger partial charge in [-0.15, -0.1) is 0 Å². The van der Waals surface area contributed by atoms with Gasteiger partial charge in [0, 0.05) is 11.1 Å². The van der Waals surface area contributed by atoms with Crippen molar-refractivity contribution < 1.29 is 13.9 Å². The molecule has 0 saturated heterocycles. The van der Waals surface area contributed by atoms with Gasteiger partial charge < -0.3 is 9.64 Å². The van der Waals surface area contributed by atoms with E-state index in [1.165, 1.54) is 6.07 Å². The highest BCUT2D eigenvalue weighted by atomic mass is 19.1. The Morgan fingerprint density at radius 1 is 1.45 bits per heavy atom. The number of rotatable bonds is 2. The molecule has 1 unspecified atom stereocenters. The Hall–Kier alpha value is -2.11. The van der Waals surface area contributed by atoms with Crippen molar-refractivity contribution in [3.63, 3.8) is 0 Å². The summed E-state index contributed by atoms with van der Waals surface area (Å²) < 4.78 is 19.0. The summed E-state index contributed by atoms with van der Waals surface area (Å²) in [6.45, 7) is 8.39. The molecule has 0 fully saturated rings. The zero-order chi connectivity index (χ0) is 16.3. The number of amides is 1. The number of nitrogens with zero attached hydrogens (tertiary/aromatic N) is 2. The van der Waals surface area contributed by atoms with Crippen LogP contribution in [0, 0.1) is 5.82 Å². The number of aliphatic imine (C=N–C) groups is 1. The molecule has 6 heteroatoms. The summed E-state index contributed by atoms with van der Waals surface area (Å²) in [6.07, 6.45) is -0.551. The highest BCUT2D eigenvalue weighted by Crippen LogP contribution is 2.33. The smallest absolute Gasteiger partial charge is 0.413 e. The maximum absolute atomic E-state index is 14.1. The van der Waals surface area contributed by atoms with Crippen molar-refractivity contribution in [1.29, 1.82) is 0 Å². The highest BCUT2D eigenvalue weighted by molar-refractivity contribution is 5.95. The van der Waals surface area contributed by atoms with Crippen LogP contribution in [0.2, 0.25) is 0 Å². The minimum atomic E-state index is -0.551. The number of halogens is 1. The molecule has 1 N–H and O–H groups in total. The third kappa shape index (κ3) is 3.37. The first-order valence-electron chi connectivity index (χ1n) is 7.36. The van der Waals surface area contributed by atoms with E-state index in [0.717, 1.165) is 0 Å². The van der Waals surface area contributed by atoms with E-state index in [0.29, 0.717) is 18.1 Å². The predicted octanol–water partition coefficient (Wildman–Crippen LogP) is 3.08. The molecule has 22 heavy (non-hydrogen) atoms. The summed E-state index contributed by atoms with van der Waals surface area (Å²) >= 11 is 0. The largest absolute Gasteiger partial charge is 0.450 e. The van der Waals surface area contributed by atoms with E-state index >= 15 is 0 Å². The number of alkyl carbamates (subject to hydrolysis) is 1. The fourth-order valence-electron chi connectivity index (χ4n) is 2.60. The SMILES string of the molecule is CCOC(=O)NC1=NCC(c2ccccc2F)N1C(C)(C)C. The lowest BCUT2D eigenvalue weighted by Crippen LogP contribution is -2.51. The summed E-state index contributed by atoms with van der Waals surface area (Å²) in [5.74, 6) is 0.147. The Morgan fingerprint density at radius 3 is 2.73 bits per heavy atom. The van der Waals surface area contributed by atoms with Crippen LogP contribution in [-0.2, 0) is 4.74 Å². The molecule has 0 saturated carbocycles. The second-order valence-electron chi connectivity index (χ2n) is 6.09. The lowest BCUT2D eigenvalue weighted by Gasteiger charge is -2.39. The predicted molar refractivity (Wildman–Crippen MR) is 83.2 cm³/mol. The van der Waals surface area contributed by atoms with E-state index < -0.39 is 6.09 Å². The van der Waals surface area contributed by atoms with Crippen molar-refractivity contribution in [1.82, 2.24) is 10.2 Å². The topological polar surface area (TPSA) is 53.9 Å². The van der Waals surface area contributed by atoms with Crippen LogP contribution in [-0.4, -0.2) is 35.6 Å². The van der Waals surface area contributed by atoms with Crippen LogP contribution < -0.4 is 5.32 Å². The van der Waals surface area contributed by atoms with Crippen LogP contribution in [0.5, 0.6) is 0 Å². The van der Waals surface area contributed by atoms with Gasteiger partial charge in [0.15, 0.2) is 0 Å². The van der Waals surface area contributed by atoms with Gasteiger partial charge in [0.25, 0.3) is 0 Å². The molecule has 1 heterocycles. The number of benzene rings is 1. The minimum absolute atomic E-state index is 0.252. The molecule has 0 spiro atoms. The number of nitrogens with one attached hydrogen (secondary N) is 1.